The van der Waals surface area contributed by atoms with Gasteiger partial charge in [-0.1, -0.05) is 6.92 Å². The van der Waals surface area contributed by atoms with E-state index in [9.17, 15) is 4.79 Å². The Hall–Kier alpha value is -0.530. The van der Waals surface area contributed by atoms with E-state index < -0.39 is 0 Å². The summed E-state index contributed by atoms with van der Waals surface area (Å²) in [5.74, 6) is 0.789. The fraction of sp³-hybridized carbons (Fsp3) is 0.875. The predicted molar refractivity (Wildman–Crippen MR) is 38.5 cm³/mol. The summed E-state index contributed by atoms with van der Waals surface area (Å²) in [5.41, 5.74) is 0.382. The molecule has 1 saturated carbocycles. The number of amides is 1. The highest BCUT2D eigenvalue weighted by Crippen LogP contribution is 2.57. The van der Waals surface area contributed by atoms with Gasteiger partial charge in [-0.3, -0.25) is 4.79 Å². The summed E-state index contributed by atoms with van der Waals surface area (Å²) in [4.78, 5) is 13.3. The topological polar surface area (TPSA) is 20.3 Å². The van der Waals surface area contributed by atoms with E-state index >= 15 is 0 Å². The Morgan fingerprint density at radius 1 is 1.80 bits per heavy atom. The number of carbonyl (C=O) groups is 1. The Balaban J connectivity index is 2.15. The SMILES string of the molecule is CCN1C[C@@]2(C)C[C@H]2C1=O. The minimum atomic E-state index is 0.382. The van der Waals surface area contributed by atoms with E-state index in [-0.39, 0.29) is 0 Å². The maximum atomic E-state index is 11.3. The van der Waals surface area contributed by atoms with Gasteiger partial charge in [0.2, 0.25) is 5.91 Å². The highest BCUT2D eigenvalue weighted by atomic mass is 16.2. The molecule has 1 aliphatic heterocycles. The normalized spacial score (nSPS) is 44.0. The molecule has 0 aromatic carbocycles. The molecule has 0 aromatic rings. The largest absolute Gasteiger partial charge is 0.342 e. The lowest BCUT2D eigenvalue weighted by Crippen LogP contribution is -2.28. The molecule has 0 spiro atoms. The van der Waals surface area contributed by atoms with Crippen LogP contribution >= 0.6 is 0 Å². The minimum absolute atomic E-state index is 0.382. The maximum absolute atomic E-state index is 11.3. The van der Waals surface area contributed by atoms with Crippen LogP contribution < -0.4 is 0 Å². The molecule has 2 aliphatic rings. The molecule has 10 heavy (non-hydrogen) atoms. The lowest BCUT2D eigenvalue weighted by Gasteiger charge is -2.16. The summed E-state index contributed by atoms with van der Waals surface area (Å²) in [6.07, 6.45) is 1.14. The molecule has 1 aliphatic carbocycles. The van der Waals surface area contributed by atoms with E-state index in [1.165, 1.54) is 0 Å². The Morgan fingerprint density at radius 2 is 2.50 bits per heavy atom. The minimum Gasteiger partial charge on any atom is -0.342 e. The van der Waals surface area contributed by atoms with Gasteiger partial charge in [-0.05, 0) is 18.8 Å². The lowest BCUT2D eigenvalue weighted by molar-refractivity contribution is -0.129. The predicted octanol–water partition coefficient (Wildman–Crippen LogP) is 0.875. The second-order valence-corrected chi connectivity index (χ2v) is 3.76. The van der Waals surface area contributed by atoms with E-state index in [1.807, 2.05) is 11.8 Å². The van der Waals surface area contributed by atoms with E-state index in [2.05, 4.69) is 6.92 Å². The van der Waals surface area contributed by atoms with Crippen molar-refractivity contribution in [3.63, 3.8) is 0 Å². The van der Waals surface area contributed by atoms with Crippen LogP contribution in [0.1, 0.15) is 20.3 Å². The molecule has 1 saturated heterocycles. The fourth-order valence-electron chi connectivity index (χ4n) is 1.97. The second kappa shape index (κ2) is 1.55. The van der Waals surface area contributed by atoms with Crippen LogP contribution in [-0.2, 0) is 4.79 Å². The van der Waals surface area contributed by atoms with E-state index in [0.717, 1.165) is 19.5 Å². The van der Waals surface area contributed by atoms with Gasteiger partial charge in [0.05, 0.1) is 0 Å². The molecule has 2 heteroatoms. The highest BCUT2D eigenvalue weighted by molar-refractivity contribution is 5.85. The third kappa shape index (κ3) is 0.568. The summed E-state index contributed by atoms with van der Waals surface area (Å²) in [7, 11) is 0. The standard InChI is InChI=1S/C8H13NO/c1-3-9-5-8(2)4-6(8)7(9)10/h6H,3-5H2,1-2H3/t6-,8+/m0/s1. The van der Waals surface area contributed by atoms with E-state index in [4.69, 9.17) is 0 Å². The van der Waals surface area contributed by atoms with Gasteiger partial charge in [0.1, 0.15) is 0 Å². The smallest absolute Gasteiger partial charge is 0.226 e. The number of likely N-dealkylation sites (tertiary alicyclic amines) is 1. The van der Waals surface area contributed by atoms with Gasteiger partial charge < -0.3 is 4.90 Å². The fourth-order valence-corrected chi connectivity index (χ4v) is 1.97. The Labute approximate surface area is 61.2 Å². The first kappa shape index (κ1) is 6.20. The molecule has 2 atom stereocenters. The van der Waals surface area contributed by atoms with E-state index in [1.54, 1.807) is 0 Å². The summed E-state index contributed by atoms with van der Waals surface area (Å²) in [6, 6.07) is 0. The van der Waals surface area contributed by atoms with Gasteiger partial charge in [0.25, 0.3) is 0 Å². The van der Waals surface area contributed by atoms with Gasteiger partial charge >= 0.3 is 0 Å². The molecule has 0 bridgehead atoms. The zero-order valence-electron chi connectivity index (χ0n) is 6.55. The maximum Gasteiger partial charge on any atom is 0.226 e. The average molecular weight is 139 g/mol. The lowest BCUT2D eigenvalue weighted by atomic mass is 10.1. The van der Waals surface area contributed by atoms with Crippen molar-refractivity contribution in [3.05, 3.63) is 0 Å². The second-order valence-electron chi connectivity index (χ2n) is 3.76. The summed E-state index contributed by atoms with van der Waals surface area (Å²) in [6.45, 7) is 6.16. The van der Waals surface area contributed by atoms with Crippen LogP contribution in [-0.4, -0.2) is 23.9 Å². The van der Waals surface area contributed by atoms with Gasteiger partial charge in [-0.2, -0.15) is 0 Å². The van der Waals surface area contributed by atoms with Crippen LogP contribution in [0.3, 0.4) is 0 Å². The van der Waals surface area contributed by atoms with Crippen molar-refractivity contribution >= 4 is 5.91 Å². The molecule has 0 radical (unpaired) electrons. The van der Waals surface area contributed by atoms with Gasteiger partial charge in [-0.25, -0.2) is 0 Å². The zero-order chi connectivity index (χ0) is 7.35. The molecule has 0 aromatic heterocycles. The molecular weight excluding hydrogens is 126 g/mol. The van der Waals surface area contributed by atoms with Gasteiger partial charge in [0, 0.05) is 19.0 Å². The quantitative estimate of drug-likeness (QED) is 0.528. The molecule has 56 valence electrons. The first-order chi connectivity index (χ1) is 4.67. The average Bonchev–Trinajstić information content (AvgIpc) is 2.51. The first-order valence-corrected chi connectivity index (χ1v) is 3.96. The van der Waals surface area contributed by atoms with Crippen molar-refractivity contribution in [2.45, 2.75) is 20.3 Å². The first-order valence-electron chi connectivity index (χ1n) is 3.96. The number of fused-ring (bicyclic) bond motifs is 1. The van der Waals surface area contributed by atoms with Crippen LogP contribution in [0, 0.1) is 11.3 Å². The zero-order valence-corrected chi connectivity index (χ0v) is 6.55. The third-order valence-electron chi connectivity index (χ3n) is 2.90. The van der Waals surface area contributed by atoms with Crippen molar-refractivity contribution in [1.82, 2.24) is 4.90 Å². The molecule has 1 amide bonds. The molecule has 2 nitrogen and oxygen atoms in total. The van der Waals surface area contributed by atoms with E-state index in [0.29, 0.717) is 17.2 Å². The Morgan fingerprint density at radius 3 is 2.80 bits per heavy atom. The Bertz CT molecular complexity index is 190. The number of hydrogen-bond acceptors (Lipinski definition) is 1. The van der Waals surface area contributed by atoms with Crippen LogP contribution in [0.25, 0.3) is 0 Å². The number of piperidine rings is 1. The highest BCUT2D eigenvalue weighted by Gasteiger charge is 2.61. The molecule has 1 heterocycles. The monoisotopic (exact) mass is 139 g/mol. The Kier molecular flexibility index (Phi) is 0.960. The number of hydrogen-bond donors (Lipinski definition) is 0. The number of nitrogens with zero attached hydrogens (tertiary/aromatic N) is 1. The van der Waals surface area contributed by atoms with Crippen molar-refractivity contribution in [2.75, 3.05) is 13.1 Å². The van der Waals surface area contributed by atoms with Crippen LogP contribution in [0.15, 0.2) is 0 Å². The summed E-state index contributed by atoms with van der Waals surface area (Å²) in [5, 5.41) is 0. The molecule has 2 rings (SSSR count). The number of carbonyl (C=O) groups excluding carboxylic acids is 1. The van der Waals surface area contributed by atoms with Crippen molar-refractivity contribution in [2.24, 2.45) is 11.3 Å². The van der Waals surface area contributed by atoms with Crippen LogP contribution in [0.5, 0.6) is 0 Å². The van der Waals surface area contributed by atoms with Crippen LogP contribution in [0.4, 0.5) is 0 Å². The van der Waals surface area contributed by atoms with Gasteiger partial charge in [0.15, 0.2) is 0 Å². The summed E-state index contributed by atoms with van der Waals surface area (Å²) >= 11 is 0. The molecule has 2 fully saturated rings. The van der Waals surface area contributed by atoms with Crippen molar-refractivity contribution in [3.8, 4) is 0 Å². The van der Waals surface area contributed by atoms with Crippen LogP contribution in [0.2, 0.25) is 0 Å². The van der Waals surface area contributed by atoms with Crippen molar-refractivity contribution < 1.29 is 4.79 Å². The third-order valence-corrected chi connectivity index (χ3v) is 2.90. The molecule has 0 N–H and O–H groups in total. The number of rotatable bonds is 1. The molecular formula is C8H13NO. The summed E-state index contributed by atoms with van der Waals surface area (Å²) < 4.78 is 0. The van der Waals surface area contributed by atoms with Gasteiger partial charge in [-0.15, -0.1) is 0 Å². The van der Waals surface area contributed by atoms with Crippen molar-refractivity contribution in [1.29, 1.82) is 0 Å². The molecule has 0 unspecified atom stereocenters.